The molecule has 8 heteroatoms. The van der Waals surface area contributed by atoms with Gasteiger partial charge >= 0.3 is 5.69 Å². The maximum atomic E-state index is 11.0. The lowest BCUT2D eigenvalue weighted by molar-refractivity contribution is -0.384. The van der Waals surface area contributed by atoms with Crippen LogP contribution in [0.2, 0.25) is 0 Å². The maximum absolute atomic E-state index is 11.0. The molecular formula is C12H15N5O2S. The summed E-state index contributed by atoms with van der Waals surface area (Å²) in [7, 11) is 0. The van der Waals surface area contributed by atoms with Crippen LogP contribution in [0.5, 0.6) is 0 Å². The molecule has 0 aliphatic heterocycles. The van der Waals surface area contributed by atoms with Gasteiger partial charge < -0.3 is 10.6 Å². The second-order valence-electron chi connectivity index (χ2n) is 3.95. The third-order valence-corrected chi connectivity index (χ3v) is 3.38. The minimum absolute atomic E-state index is 0.0224. The summed E-state index contributed by atoms with van der Waals surface area (Å²) in [6.45, 7) is 3.21. The van der Waals surface area contributed by atoms with Gasteiger partial charge in [0.1, 0.15) is 5.82 Å². The Hall–Kier alpha value is -2.22. The van der Waals surface area contributed by atoms with E-state index in [9.17, 15) is 10.1 Å². The molecule has 2 aromatic heterocycles. The molecule has 0 unspecified atom stereocenters. The highest BCUT2D eigenvalue weighted by Crippen LogP contribution is 2.23. The number of aromatic nitrogens is 2. The van der Waals surface area contributed by atoms with Crippen LogP contribution < -0.4 is 10.6 Å². The van der Waals surface area contributed by atoms with Gasteiger partial charge in [-0.1, -0.05) is 0 Å². The first-order valence-corrected chi connectivity index (χ1v) is 7.10. The van der Waals surface area contributed by atoms with Gasteiger partial charge in [0, 0.05) is 37.2 Å². The highest BCUT2D eigenvalue weighted by Gasteiger charge is 2.15. The Bertz CT molecular complexity index is 573. The molecule has 106 valence electrons. The second-order valence-corrected chi connectivity index (χ2v) is 4.93. The van der Waals surface area contributed by atoms with Crippen LogP contribution >= 0.6 is 11.3 Å². The Morgan fingerprint density at radius 2 is 2.25 bits per heavy atom. The number of hydrogen-bond acceptors (Lipinski definition) is 7. The van der Waals surface area contributed by atoms with Crippen molar-refractivity contribution in [3.63, 3.8) is 0 Å². The molecule has 2 rings (SSSR count). The summed E-state index contributed by atoms with van der Waals surface area (Å²) in [6.07, 6.45) is 2.45. The summed E-state index contributed by atoms with van der Waals surface area (Å²) in [4.78, 5) is 18.9. The molecule has 0 spiro atoms. The number of hydrogen-bond donors (Lipinski definition) is 2. The van der Waals surface area contributed by atoms with Gasteiger partial charge in [-0.05, 0) is 13.0 Å². The Morgan fingerprint density at radius 1 is 1.40 bits per heavy atom. The summed E-state index contributed by atoms with van der Waals surface area (Å²) in [5.41, 5.74) is -0.0224. The Labute approximate surface area is 120 Å². The molecule has 2 aromatic rings. The van der Waals surface area contributed by atoms with Gasteiger partial charge in [-0.2, -0.15) is 0 Å². The summed E-state index contributed by atoms with van der Waals surface area (Å²) in [5, 5.41) is 19.9. The predicted molar refractivity (Wildman–Crippen MR) is 79.4 cm³/mol. The molecule has 0 fully saturated rings. The third-order valence-electron chi connectivity index (χ3n) is 2.54. The van der Waals surface area contributed by atoms with E-state index < -0.39 is 4.92 Å². The number of anilines is 2. The van der Waals surface area contributed by atoms with E-state index in [4.69, 9.17) is 0 Å². The monoisotopic (exact) mass is 293 g/mol. The molecule has 0 bridgehead atoms. The first-order chi connectivity index (χ1) is 9.70. The van der Waals surface area contributed by atoms with Crippen molar-refractivity contribution in [2.45, 2.75) is 13.3 Å². The zero-order chi connectivity index (χ0) is 14.4. The Kier molecular flexibility index (Phi) is 4.83. The van der Waals surface area contributed by atoms with Crippen molar-refractivity contribution in [1.82, 2.24) is 9.97 Å². The molecule has 0 aromatic carbocycles. The van der Waals surface area contributed by atoms with Crippen LogP contribution in [-0.4, -0.2) is 28.0 Å². The fourth-order valence-corrected chi connectivity index (χ4v) is 2.29. The zero-order valence-electron chi connectivity index (χ0n) is 11.0. The topological polar surface area (TPSA) is 93.0 Å². The molecule has 0 saturated carbocycles. The average molecular weight is 293 g/mol. The van der Waals surface area contributed by atoms with E-state index in [1.165, 1.54) is 6.07 Å². The van der Waals surface area contributed by atoms with Crippen molar-refractivity contribution in [3.8, 4) is 0 Å². The predicted octanol–water partition coefficient (Wildman–Crippen LogP) is 2.53. The smallest absolute Gasteiger partial charge is 0.311 e. The van der Waals surface area contributed by atoms with Gasteiger partial charge in [-0.3, -0.25) is 10.1 Å². The lowest BCUT2D eigenvalue weighted by atomic mass is 10.3. The highest BCUT2D eigenvalue weighted by atomic mass is 32.1. The summed E-state index contributed by atoms with van der Waals surface area (Å²) >= 11 is 1.56. The lowest BCUT2D eigenvalue weighted by Crippen LogP contribution is -2.10. The molecule has 0 saturated heterocycles. The first kappa shape index (κ1) is 14.2. The third kappa shape index (κ3) is 3.64. The quantitative estimate of drug-likeness (QED) is 0.602. The molecule has 0 atom stereocenters. The van der Waals surface area contributed by atoms with Crippen molar-refractivity contribution < 1.29 is 4.92 Å². The lowest BCUT2D eigenvalue weighted by Gasteiger charge is -2.08. The molecule has 20 heavy (non-hydrogen) atoms. The Morgan fingerprint density at radius 3 is 2.90 bits per heavy atom. The van der Waals surface area contributed by atoms with Crippen molar-refractivity contribution in [3.05, 3.63) is 38.8 Å². The number of nitrogens with zero attached hydrogens (tertiary/aromatic N) is 3. The Balaban J connectivity index is 2.06. The van der Waals surface area contributed by atoms with E-state index in [0.29, 0.717) is 25.3 Å². The number of nitro groups is 1. The van der Waals surface area contributed by atoms with E-state index in [1.54, 1.807) is 23.6 Å². The van der Waals surface area contributed by atoms with Crippen LogP contribution in [-0.2, 0) is 6.42 Å². The fraction of sp³-hybridized carbons (Fsp3) is 0.333. The first-order valence-electron chi connectivity index (χ1n) is 6.22. The highest BCUT2D eigenvalue weighted by molar-refractivity contribution is 7.09. The molecule has 0 aliphatic rings. The van der Waals surface area contributed by atoms with Gasteiger partial charge in [-0.25, -0.2) is 9.97 Å². The molecule has 2 heterocycles. The largest absolute Gasteiger partial charge is 0.370 e. The second kappa shape index (κ2) is 6.80. The molecule has 7 nitrogen and oxygen atoms in total. The van der Waals surface area contributed by atoms with E-state index in [0.717, 1.165) is 5.01 Å². The van der Waals surface area contributed by atoms with Gasteiger partial charge in [0.15, 0.2) is 0 Å². The molecule has 0 radical (unpaired) electrons. The number of rotatable bonds is 7. The van der Waals surface area contributed by atoms with Crippen molar-refractivity contribution in [2.24, 2.45) is 0 Å². The number of nitrogens with one attached hydrogen (secondary N) is 2. The van der Waals surface area contributed by atoms with Crippen LogP contribution in [0.1, 0.15) is 11.9 Å². The van der Waals surface area contributed by atoms with Crippen LogP contribution in [0, 0.1) is 10.1 Å². The normalized spacial score (nSPS) is 10.2. The molecule has 2 N–H and O–H groups in total. The summed E-state index contributed by atoms with van der Waals surface area (Å²) < 4.78 is 0. The minimum Gasteiger partial charge on any atom is -0.370 e. The molecule has 0 amide bonds. The number of thiazole rings is 1. The maximum Gasteiger partial charge on any atom is 0.311 e. The van der Waals surface area contributed by atoms with Gasteiger partial charge in [0.2, 0.25) is 5.82 Å². The zero-order valence-corrected chi connectivity index (χ0v) is 11.8. The fourth-order valence-electron chi connectivity index (χ4n) is 1.67. The summed E-state index contributed by atoms with van der Waals surface area (Å²) in [5.74, 6) is 0.903. The van der Waals surface area contributed by atoms with E-state index in [1.807, 2.05) is 12.3 Å². The SMILES string of the molecule is CCNc1ccc([N+](=O)[O-])c(NCCc2nccs2)n1. The van der Waals surface area contributed by atoms with E-state index >= 15 is 0 Å². The van der Waals surface area contributed by atoms with Crippen LogP contribution in [0.15, 0.2) is 23.7 Å². The molecular weight excluding hydrogens is 278 g/mol. The van der Waals surface area contributed by atoms with Crippen LogP contribution in [0.25, 0.3) is 0 Å². The van der Waals surface area contributed by atoms with Gasteiger partial charge in [0.25, 0.3) is 0 Å². The van der Waals surface area contributed by atoms with Gasteiger partial charge in [-0.15, -0.1) is 11.3 Å². The minimum atomic E-state index is -0.436. The standard InChI is InChI=1S/C12H15N5O2S/c1-2-13-10-4-3-9(17(18)19)12(16-10)15-6-5-11-14-7-8-20-11/h3-4,7-8H,2,5-6H2,1H3,(H2,13,15,16). The average Bonchev–Trinajstić information content (AvgIpc) is 2.92. The van der Waals surface area contributed by atoms with Crippen LogP contribution in [0.4, 0.5) is 17.3 Å². The van der Waals surface area contributed by atoms with Crippen LogP contribution in [0.3, 0.4) is 0 Å². The van der Waals surface area contributed by atoms with Crippen molar-refractivity contribution in [1.29, 1.82) is 0 Å². The van der Waals surface area contributed by atoms with Gasteiger partial charge in [0.05, 0.1) is 9.93 Å². The van der Waals surface area contributed by atoms with Crippen molar-refractivity contribution in [2.75, 3.05) is 23.7 Å². The number of pyridine rings is 1. The van der Waals surface area contributed by atoms with E-state index in [-0.39, 0.29) is 11.5 Å². The van der Waals surface area contributed by atoms with Crippen molar-refractivity contribution >= 4 is 28.7 Å². The summed E-state index contributed by atoms with van der Waals surface area (Å²) in [6, 6.07) is 3.06. The molecule has 0 aliphatic carbocycles. The van der Waals surface area contributed by atoms with E-state index in [2.05, 4.69) is 20.6 Å².